The van der Waals surface area contributed by atoms with E-state index in [2.05, 4.69) is 28.8 Å². The van der Waals surface area contributed by atoms with Crippen LogP contribution in [0.2, 0.25) is 0 Å². The molecule has 5 heteroatoms. The molecule has 0 radical (unpaired) electrons. The van der Waals surface area contributed by atoms with Crippen molar-refractivity contribution >= 4 is 5.69 Å². The van der Waals surface area contributed by atoms with Crippen LogP contribution in [0.25, 0.3) is 0 Å². The number of aryl methyl sites for hydroxylation is 1. The minimum atomic E-state index is -0.138. The first-order chi connectivity index (χ1) is 13.4. The molecule has 4 heterocycles. The van der Waals surface area contributed by atoms with Gasteiger partial charge in [0.15, 0.2) is 0 Å². The number of nitrogens with zero attached hydrogens (tertiary/aromatic N) is 3. The van der Waals surface area contributed by atoms with E-state index in [0.29, 0.717) is 24.0 Å². The number of benzene rings is 1. The largest absolute Gasteiger partial charge is 0.371 e. The lowest BCUT2D eigenvalue weighted by Crippen LogP contribution is -2.45. The Morgan fingerprint density at radius 3 is 2.71 bits per heavy atom. The van der Waals surface area contributed by atoms with Gasteiger partial charge in [0.2, 0.25) is 0 Å². The first kappa shape index (κ1) is 18.8. The molecule has 0 unspecified atom stereocenters. The van der Waals surface area contributed by atoms with Gasteiger partial charge >= 0.3 is 0 Å². The molecule has 4 aliphatic heterocycles. The first-order valence-corrected chi connectivity index (χ1v) is 11.0. The van der Waals surface area contributed by atoms with Crippen LogP contribution in [-0.2, 0) is 4.74 Å². The van der Waals surface area contributed by atoms with Crippen LogP contribution in [0.4, 0.5) is 10.1 Å². The van der Waals surface area contributed by atoms with Crippen LogP contribution in [-0.4, -0.2) is 74.4 Å². The van der Waals surface area contributed by atoms with Gasteiger partial charge in [-0.3, -0.25) is 4.90 Å². The van der Waals surface area contributed by atoms with Gasteiger partial charge < -0.3 is 14.5 Å². The molecule has 154 valence electrons. The fourth-order valence-electron chi connectivity index (χ4n) is 6.62. The predicted octanol–water partition coefficient (Wildman–Crippen LogP) is 3.14. The number of anilines is 1. The zero-order valence-electron chi connectivity index (χ0n) is 17.5. The number of ether oxygens (including phenoxy) is 1. The highest BCUT2D eigenvalue weighted by Crippen LogP contribution is 2.55. The smallest absolute Gasteiger partial charge is 0.123 e. The molecule has 4 fully saturated rings. The van der Waals surface area contributed by atoms with Gasteiger partial charge in [0.25, 0.3) is 0 Å². The fourth-order valence-corrected chi connectivity index (χ4v) is 6.62. The summed E-state index contributed by atoms with van der Waals surface area (Å²) >= 11 is 0. The normalized spacial score (nSPS) is 35.9. The van der Waals surface area contributed by atoms with Gasteiger partial charge in [-0.25, -0.2) is 4.39 Å². The lowest BCUT2D eigenvalue weighted by molar-refractivity contribution is -0.00293. The number of hydrogen-bond acceptors (Lipinski definition) is 4. The van der Waals surface area contributed by atoms with Gasteiger partial charge in [-0.15, -0.1) is 0 Å². The first-order valence-electron chi connectivity index (χ1n) is 11.0. The van der Waals surface area contributed by atoms with Crippen LogP contribution >= 0.6 is 0 Å². The third-order valence-corrected chi connectivity index (χ3v) is 7.87. The molecule has 1 spiro atoms. The summed E-state index contributed by atoms with van der Waals surface area (Å²) in [5, 5.41) is 0. The molecule has 0 aromatic heterocycles. The summed E-state index contributed by atoms with van der Waals surface area (Å²) in [6.45, 7) is 7.66. The molecular formula is C23H34FN3O. The molecule has 28 heavy (non-hydrogen) atoms. The van der Waals surface area contributed by atoms with Crippen LogP contribution in [0.1, 0.15) is 31.2 Å². The van der Waals surface area contributed by atoms with E-state index in [1.165, 1.54) is 37.9 Å². The van der Waals surface area contributed by atoms with Gasteiger partial charge in [-0.1, -0.05) is 0 Å². The maximum absolute atomic E-state index is 13.4. The van der Waals surface area contributed by atoms with Crippen LogP contribution in [0, 0.1) is 24.6 Å². The van der Waals surface area contributed by atoms with Crippen molar-refractivity contribution in [3.63, 3.8) is 0 Å². The topological polar surface area (TPSA) is 19.0 Å². The highest BCUT2D eigenvalue weighted by Gasteiger charge is 2.63. The second-order valence-corrected chi connectivity index (χ2v) is 9.87. The van der Waals surface area contributed by atoms with Crippen LogP contribution in [0.15, 0.2) is 18.2 Å². The third-order valence-electron chi connectivity index (χ3n) is 7.87. The molecule has 2 bridgehead atoms. The summed E-state index contributed by atoms with van der Waals surface area (Å²) in [5.74, 6) is 1.28. The quantitative estimate of drug-likeness (QED) is 0.790. The van der Waals surface area contributed by atoms with Crippen LogP contribution in [0.5, 0.6) is 0 Å². The minimum Gasteiger partial charge on any atom is -0.371 e. The van der Waals surface area contributed by atoms with Gasteiger partial charge in [0.05, 0.1) is 11.7 Å². The maximum atomic E-state index is 13.4. The average molecular weight is 388 g/mol. The van der Waals surface area contributed by atoms with Crippen molar-refractivity contribution in [1.29, 1.82) is 0 Å². The summed E-state index contributed by atoms with van der Waals surface area (Å²) in [6.07, 6.45) is 5.41. The lowest BCUT2D eigenvalue weighted by atomic mass is 9.73. The SMILES string of the molecule is Cc1cc(F)ccc1N1CCC(N2C[C@H]3[C@@H](CN(C)C)[C@@H]4CC[C@@]3(C2)O4)CC1. The van der Waals surface area contributed by atoms with E-state index in [1.807, 2.05) is 13.0 Å². The number of piperidine rings is 1. The second-order valence-electron chi connectivity index (χ2n) is 9.87. The van der Waals surface area contributed by atoms with Crippen molar-refractivity contribution in [2.24, 2.45) is 11.8 Å². The molecule has 4 nitrogen and oxygen atoms in total. The molecule has 0 saturated carbocycles. The molecule has 1 aromatic carbocycles. The Bertz CT molecular complexity index is 733. The van der Waals surface area contributed by atoms with Crippen molar-refractivity contribution in [2.75, 3.05) is 51.7 Å². The zero-order chi connectivity index (χ0) is 19.5. The van der Waals surface area contributed by atoms with E-state index < -0.39 is 0 Å². The molecule has 4 saturated heterocycles. The Kier molecular flexibility index (Phi) is 4.68. The van der Waals surface area contributed by atoms with Gasteiger partial charge in [0.1, 0.15) is 5.82 Å². The molecule has 5 rings (SSSR count). The highest BCUT2D eigenvalue weighted by atomic mass is 19.1. The Morgan fingerprint density at radius 2 is 2.00 bits per heavy atom. The number of likely N-dealkylation sites (tertiary alicyclic amines) is 1. The van der Waals surface area contributed by atoms with E-state index in [1.54, 1.807) is 12.1 Å². The molecule has 1 aromatic rings. The number of fused-ring (bicyclic) bond motifs is 1. The number of halogens is 1. The molecule has 0 amide bonds. The van der Waals surface area contributed by atoms with Gasteiger partial charge in [-0.2, -0.15) is 0 Å². The van der Waals surface area contributed by atoms with Crippen LogP contribution < -0.4 is 4.90 Å². The second kappa shape index (κ2) is 6.96. The Balaban J connectivity index is 1.23. The van der Waals surface area contributed by atoms with Crippen molar-refractivity contribution in [1.82, 2.24) is 9.80 Å². The highest BCUT2D eigenvalue weighted by molar-refractivity contribution is 5.53. The molecule has 4 atom stereocenters. The van der Waals surface area contributed by atoms with Crippen molar-refractivity contribution in [2.45, 2.75) is 50.4 Å². The van der Waals surface area contributed by atoms with E-state index in [-0.39, 0.29) is 11.4 Å². The minimum absolute atomic E-state index is 0.138. The monoisotopic (exact) mass is 387 g/mol. The van der Waals surface area contributed by atoms with Crippen molar-refractivity contribution < 1.29 is 9.13 Å². The zero-order valence-corrected chi connectivity index (χ0v) is 17.5. The van der Waals surface area contributed by atoms with Crippen molar-refractivity contribution in [3.8, 4) is 0 Å². The average Bonchev–Trinajstić information content (AvgIpc) is 3.31. The third kappa shape index (κ3) is 3.06. The number of hydrogen-bond donors (Lipinski definition) is 0. The van der Waals surface area contributed by atoms with Crippen LogP contribution in [0.3, 0.4) is 0 Å². The molecule has 0 aliphatic carbocycles. The molecule has 4 aliphatic rings. The van der Waals surface area contributed by atoms with Gasteiger partial charge in [-0.05, 0) is 70.5 Å². The van der Waals surface area contributed by atoms with E-state index >= 15 is 0 Å². The molecule has 0 N–H and O–H groups in total. The summed E-state index contributed by atoms with van der Waals surface area (Å²) in [4.78, 5) is 7.54. The summed E-state index contributed by atoms with van der Waals surface area (Å²) in [7, 11) is 4.39. The van der Waals surface area contributed by atoms with E-state index in [4.69, 9.17) is 4.74 Å². The maximum Gasteiger partial charge on any atom is 0.123 e. The Labute approximate surface area is 168 Å². The molecular weight excluding hydrogens is 353 g/mol. The Morgan fingerprint density at radius 1 is 1.21 bits per heavy atom. The fraction of sp³-hybridized carbons (Fsp3) is 0.739. The van der Waals surface area contributed by atoms with Gasteiger partial charge in [0, 0.05) is 56.3 Å². The standard InChI is InChI=1S/C23H34FN3O/c1-16-12-17(24)4-5-21(16)26-10-7-18(8-11-26)27-14-20-19(13-25(2)3)22-6-9-23(20,15-27)28-22/h4-5,12,18-20,22H,6-11,13-15H2,1-3H3/t19-,20+,22+,23+/m1/s1. The van der Waals surface area contributed by atoms with Crippen molar-refractivity contribution in [3.05, 3.63) is 29.6 Å². The van der Waals surface area contributed by atoms with E-state index in [9.17, 15) is 4.39 Å². The lowest BCUT2D eigenvalue weighted by Gasteiger charge is -2.39. The summed E-state index contributed by atoms with van der Waals surface area (Å²) in [5.41, 5.74) is 2.39. The summed E-state index contributed by atoms with van der Waals surface area (Å²) in [6, 6.07) is 5.86. The Hall–Kier alpha value is -1.17. The predicted molar refractivity (Wildman–Crippen MR) is 110 cm³/mol. The number of rotatable bonds is 4. The summed E-state index contributed by atoms with van der Waals surface area (Å²) < 4.78 is 20.1. The van der Waals surface area contributed by atoms with E-state index in [0.717, 1.165) is 31.7 Å².